The molecule has 0 aliphatic rings. The van der Waals surface area contributed by atoms with E-state index in [0.29, 0.717) is 25.4 Å². The Bertz CT molecular complexity index is 219. The Morgan fingerprint density at radius 1 is 1.19 bits per heavy atom. The van der Waals surface area contributed by atoms with Crippen LogP contribution in [0.2, 0.25) is 0 Å². The topological polar surface area (TPSA) is 78.4 Å². The number of carboxylic acid groups (broad SMARTS) is 1. The highest BCUT2D eigenvalue weighted by Crippen LogP contribution is 2.08. The monoisotopic (exact) mass is 230 g/mol. The summed E-state index contributed by atoms with van der Waals surface area (Å²) in [5, 5.41) is 13.9. The zero-order chi connectivity index (χ0) is 12.4. The third kappa shape index (κ3) is 9.30. The molecule has 0 aromatic rings. The first-order valence-corrected chi connectivity index (χ1v) is 5.79. The third-order valence-electron chi connectivity index (χ3n) is 2.31. The summed E-state index contributed by atoms with van der Waals surface area (Å²) in [6, 6.07) is -0.146. The van der Waals surface area contributed by atoms with E-state index in [1.807, 2.05) is 13.8 Å². The molecule has 0 heterocycles. The van der Waals surface area contributed by atoms with Crippen LogP contribution in [0.5, 0.6) is 0 Å². The average molecular weight is 230 g/mol. The molecule has 16 heavy (non-hydrogen) atoms. The molecule has 0 aromatic heterocycles. The lowest BCUT2D eigenvalue weighted by molar-refractivity contribution is -0.137. The van der Waals surface area contributed by atoms with Crippen LogP contribution in [0.15, 0.2) is 0 Å². The van der Waals surface area contributed by atoms with Crippen LogP contribution in [-0.2, 0) is 4.79 Å². The van der Waals surface area contributed by atoms with Gasteiger partial charge in [0.2, 0.25) is 0 Å². The van der Waals surface area contributed by atoms with Gasteiger partial charge in [-0.1, -0.05) is 13.8 Å². The van der Waals surface area contributed by atoms with Gasteiger partial charge in [0.05, 0.1) is 0 Å². The molecule has 5 nitrogen and oxygen atoms in total. The van der Waals surface area contributed by atoms with Gasteiger partial charge in [0, 0.05) is 19.5 Å². The molecule has 0 aromatic carbocycles. The summed E-state index contributed by atoms with van der Waals surface area (Å²) < 4.78 is 0. The summed E-state index contributed by atoms with van der Waals surface area (Å²) in [4.78, 5) is 21.5. The van der Waals surface area contributed by atoms with Gasteiger partial charge in [0.1, 0.15) is 0 Å². The average Bonchev–Trinajstić information content (AvgIpc) is 2.23. The maximum atomic E-state index is 11.1. The van der Waals surface area contributed by atoms with E-state index < -0.39 is 5.97 Å². The van der Waals surface area contributed by atoms with E-state index in [0.717, 1.165) is 12.8 Å². The molecule has 5 heteroatoms. The number of hydrogen-bond acceptors (Lipinski definition) is 2. The van der Waals surface area contributed by atoms with E-state index in [-0.39, 0.29) is 12.5 Å². The molecule has 2 amide bonds. The molecular formula is C11H22N2O3. The molecule has 0 saturated heterocycles. The first-order valence-electron chi connectivity index (χ1n) is 5.79. The quantitative estimate of drug-likeness (QED) is 0.592. The van der Waals surface area contributed by atoms with Crippen molar-refractivity contribution < 1.29 is 14.7 Å². The van der Waals surface area contributed by atoms with Crippen molar-refractivity contribution >= 4 is 12.0 Å². The third-order valence-corrected chi connectivity index (χ3v) is 2.31. The molecule has 0 saturated carbocycles. The maximum Gasteiger partial charge on any atom is 0.314 e. The lowest BCUT2D eigenvalue weighted by Gasteiger charge is -2.11. The number of amides is 2. The van der Waals surface area contributed by atoms with Gasteiger partial charge in [-0.2, -0.15) is 0 Å². The van der Waals surface area contributed by atoms with Crippen molar-refractivity contribution in [3.8, 4) is 0 Å². The van der Waals surface area contributed by atoms with E-state index in [1.54, 1.807) is 0 Å². The van der Waals surface area contributed by atoms with E-state index in [9.17, 15) is 9.59 Å². The van der Waals surface area contributed by atoms with Crippen molar-refractivity contribution in [2.75, 3.05) is 13.1 Å². The number of rotatable bonds is 8. The fourth-order valence-electron chi connectivity index (χ4n) is 1.25. The van der Waals surface area contributed by atoms with Crippen molar-refractivity contribution in [2.24, 2.45) is 5.92 Å². The van der Waals surface area contributed by atoms with E-state index in [1.165, 1.54) is 0 Å². The Hall–Kier alpha value is -1.26. The van der Waals surface area contributed by atoms with Gasteiger partial charge in [-0.25, -0.2) is 4.79 Å². The second-order valence-corrected chi connectivity index (χ2v) is 4.01. The highest BCUT2D eigenvalue weighted by atomic mass is 16.4. The zero-order valence-corrected chi connectivity index (χ0v) is 10.1. The van der Waals surface area contributed by atoms with Gasteiger partial charge < -0.3 is 15.7 Å². The SMILES string of the molecule is CCCNC(=O)NCCC(C)CCC(=O)O. The summed E-state index contributed by atoms with van der Waals surface area (Å²) in [6.07, 6.45) is 2.59. The second kappa shape index (κ2) is 9.00. The van der Waals surface area contributed by atoms with Gasteiger partial charge in [0.25, 0.3) is 0 Å². The van der Waals surface area contributed by atoms with Crippen LogP contribution in [-0.4, -0.2) is 30.2 Å². The second-order valence-electron chi connectivity index (χ2n) is 4.01. The minimum atomic E-state index is -0.763. The van der Waals surface area contributed by atoms with Gasteiger partial charge in [-0.05, 0) is 25.2 Å². The normalized spacial score (nSPS) is 11.9. The molecule has 1 unspecified atom stereocenters. The van der Waals surface area contributed by atoms with Crippen LogP contribution in [0.3, 0.4) is 0 Å². The summed E-state index contributed by atoms with van der Waals surface area (Å²) in [5.74, 6) is -0.442. The van der Waals surface area contributed by atoms with E-state index >= 15 is 0 Å². The molecule has 3 N–H and O–H groups in total. The fourth-order valence-corrected chi connectivity index (χ4v) is 1.25. The van der Waals surface area contributed by atoms with Gasteiger partial charge >= 0.3 is 12.0 Å². The molecule has 94 valence electrons. The lowest BCUT2D eigenvalue weighted by Crippen LogP contribution is -2.36. The molecule has 0 radical (unpaired) electrons. The number of urea groups is 1. The Labute approximate surface area is 96.6 Å². The molecule has 0 aliphatic heterocycles. The fraction of sp³-hybridized carbons (Fsp3) is 0.818. The highest BCUT2D eigenvalue weighted by Gasteiger charge is 2.06. The highest BCUT2D eigenvalue weighted by molar-refractivity contribution is 5.73. The molecule has 0 spiro atoms. The summed E-state index contributed by atoms with van der Waals surface area (Å²) in [5.41, 5.74) is 0. The molecule has 0 aliphatic carbocycles. The van der Waals surface area contributed by atoms with Crippen molar-refractivity contribution in [3.05, 3.63) is 0 Å². The van der Waals surface area contributed by atoms with Crippen molar-refractivity contribution in [2.45, 2.75) is 39.5 Å². The van der Waals surface area contributed by atoms with Gasteiger partial charge in [-0.3, -0.25) is 4.79 Å². The summed E-state index contributed by atoms with van der Waals surface area (Å²) in [6.45, 7) is 5.26. The number of carbonyl (C=O) groups excluding carboxylic acids is 1. The number of carboxylic acids is 1. The van der Waals surface area contributed by atoms with E-state index in [4.69, 9.17) is 5.11 Å². The first kappa shape index (κ1) is 14.7. The molecule has 0 fully saturated rings. The van der Waals surface area contributed by atoms with Gasteiger partial charge in [-0.15, -0.1) is 0 Å². The molecule has 0 bridgehead atoms. The van der Waals surface area contributed by atoms with Gasteiger partial charge in [0.15, 0.2) is 0 Å². The van der Waals surface area contributed by atoms with Crippen LogP contribution >= 0.6 is 0 Å². The molecule has 0 rings (SSSR count). The molecular weight excluding hydrogens is 208 g/mol. The predicted molar refractivity (Wildman–Crippen MR) is 62.3 cm³/mol. The van der Waals surface area contributed by atoms with Crippen molar-refractivity contribution in [1.82, 2.24) is 10.6 Å². The predicted octanol–water partition coefficient (Wildman–Crippen LogP) is 1.59. The Balaban J connectivity index is 3.42. The Kier molecular flexibility index (Phi) is 8.29. The van der Waals surface area contributed by atoms with E-state index in [2.05, 4.69) is 10.6 Å². The largest absolute Gasteiger partial charge is 0.481 e. The lowest BCUT2D eigenvalue weighted by atomic mass is 10.0. The van der Waals surface area contributed by atoms with Crippen molar-refractivity contribution in [1.29, 1.82) is 0 Å². The number of carbonyl (C=O) groups is 2. The number of aliphatic carboxylic acids is 1. The van der Waals surface area contributed by atoms with Crippen LogP contribution in [0.4, 0.5) is 4.79 Å². The zero-order valence-electron chi connectivity index (χ0n) is 10.1. The Morgan fingerprint density at radius 3 is 2.38 bits per heavy atom. The standard InChI is InChI=1S/C11H22N2O3/c1-3-7-12-11(16)13-8-6-9(2)4-5-10(14)15/h9H,3-8H2,1-2H3,(H,14,15)(H2,12,13,16). The van der Waals surface area contributed by atoms with Crippen LogP contribution in [0.25, 0.3) is 0 Å². The molecule has 1 atom stereocenters. The number of hydrogen-bond donors (Lipinski definition) is 3. The summed E-state index contributed by atoms with van der Waals surface area (Å²) >= 11 is 0. The van der Waals surface area contributed by atoms with Crippen LogP contribution < -0.4 is 10.6 Å². The smallest absolute Gasteiger partial charge is 0.314 e. The minimum Gasteiger partial charge on any atom is -0.481 e. The summed E-state index contributed by atoms with van der Waals surface area (Å²) in [7, 11) is 0. The van der Waals surface area contributed by atoms with Crippen LogP contribution in [0, 0.1) is 5.92 Å². The van der Waals surface area contributed by atoms with Crippen LogP contribution in [0.1, 0.15) is 39.5 Å². The maximum absolute atomic E-state index is 11.1. The van der Waals surface area contributed by atoms with Crippen molar-refractivity contribution in [3.63, 3.8) is 0 Å². The minimum absolute atomic E-state index is 0.146. The Morgan fingerprint density at radius 2 is 1.81 bits per heavy atom. The number of nitrogens with one attached hydrogen (secondary N) is 2. The first-order chi connectivity index (χ1) is 7.56.